The van der Waals surface area contributed by atoms with E-state index in [0.717, 1.165) is 0 Å². The number of hydrogen-bond acceptors (Lipinski definition) is 4. The lowest BCUT2D eigenvalue weighted by Gasteiger charge is -2.23. The number of carbonyl (C=O) groups excluding carboxylic acids is 2. The number of ether oxygens (including phenoxy) is 2. The quantitative estimate of drug-likeness (QED) is 0.815. The van der Waals surface area contributed by atoms with Crippen LogP contribution < -0.4 is 20.1 Å². The van der Waals surface area contributed by atoms with Crippen molar-refractivity contribution in [1.29, 1.82) is 0 Å². The lowest BCUT2D eigenvalue weighted by molar-refractivity contribution is -0.126. The molecule has 1 saturated heterocycles. The van der Waals surface area contributed by atoms with Crippen LogP contribution in [0.4, 0.5) is 0 Å². The molecule has 1 fully saturated rings. The molecule has 1 unspecified atom stereocenters. The van der Waals surface area contributed by atoms with Crippen molar-refractivity contribution in [3.8, 4) is 11.5 Å². The van der Waals surface area contributed by atoms with E-state index in [2.05, 4.69) is 10.6 Å². The van der Waals surface area contributed by atoms with Gasteiger partial charge in [-0.2, -0.15) is 0 Å². The monoisotopic (exact) mass is 292 g/mol. The van der Waals surface area contributed by atoms with Gasteiger partial charge in [-0.3, -0.25) is 9.59 Å². The van der Waals surface area contributed by atoms with Crippen LogP contribution >= 0.6 is 0 Å². The molecule has 1 aliphatic heterocycles. The maximum absolute atomic E-state index is 11.8. The van der Waals surface area contributed by atoms with Crippen LogP contribution in [-0.2, 0) is 9.59 Å². The van der Waals surface area contributed by atoms with Crippen molar-refractivity contribution in [3.05, 3.63) is 24.3 Å². The summed E-state index contributed by atoms with van der Waals surface area (Å²) in [6, 6.07) is 7.21. The largest absolute Gasteiger partial charge is 0.490 e. The fraction of sp³-hybridized carbons (Fsp3) is 0.467. The lowest BCUT2D eigenvalue weighted by Crippen LogP contribution is -2.48. The van der Waals surface area contributed by atoms with Gasteiger partial charge in [-0.25, -0.2) is 0 Å². The van der Waals surface area contributed by atoms with Gasteiger partial charge in [0.05, 0.1) is 6.61 Å². The Hall–Kier alpha value is -2.24. The van der Waals surface area contributed by atoms with Crippen molar-refractivity contribution in [3.63, 3.8) is 0 Å². The molecule has 0 spiro atoms. The highest BCUT2D eigenvalue weighted by atomic mass is 16.5. The van der Waals surface area contributed by atoms with E-state index < -0.39 is 0 Å². The maximum Gasteiger partial charge on any atom is 0.258 e. The molecule has 0 bridgehead atoms. The Morgan fingerprint density at radius 2 is 2.05 bits per heavy atom. The van der Waals surface area contributed by atoms with Gasteiger partial charge in [-0.05, 0) is 25.5 Å². The van der Waals surface area contributed by atoms with Gasteiger partial charge in [0.25, 0.3) is 5.91 Å². The number of para-hydroxylation sites is 2. The second-order valence-electron chi connectivity index (χ2n) is 4.78. The molecule has 114 valence electrons. The second-order valence-corrected chi connectivity index (χ2v) is 4.78. The summed E-state index contributed by atoms with van der Waals surface area (Å²) in [6.45, 7) is 2.82. The summed E-state index contributed by atoms with van der Waals surface area (Å²) < 4.78 is 10.9. The van der Waals surface area contributed by atoms with Crippen LogP contribution in [0.15, 0.2) is 24.3 Å². The average Bonchev–Trinajstić information content (AvgIpc) is 2.49. The third-order valence-electron chi connectivity index (χ3n) is 3.14. The Balaban J connectivity index is 1.80. The predicted octanol–water partition coefficient (Wildman–Crippen LogP) is 0.859. The molecule has 2 N–H and O–H groups in total. The Labute approximate surface area is 123 Å². The van der Waals surface area contributed by atoms with E-state index in [0.29, 0.717) is 37.5 Å². The Morgan fingerprint density at radius 1 is 1.33 bits per heavy atom. The highest BCUT2D eigenvalue weighted by molar-refractivity contribution is 5.79. The zero-order chi connectivity index (χ0) is 15.1. The maximum atomic E-state index is 11.8. The number of benzene rings is 1. The molecular weight excluding hydrogens is 272 g/mol. The molecule has 2 amide bonds. The van der Waals surface area contributed by atoms with Gasteiger partial charge in [0.2, 0.25) is 5.91 Å². The summed E-state index contributed by atoms with van der Waals surface area (Å²) in [5, 5.41) is 5.56. The second kappa shape index (κ2) is 7.52. The van der Waals surface area contributed by atoms with Crippen molar-refractivity contribution in [1.82, 2.24) is 10.6 Å². The number of amides is 2. The molecule has 1 aliphatic rings. The van der Waals surface area contributed by atoms with Crippen molar-refractivity contribution in [2.75, 3.05) is 19.8 Å². The number of rotatable bonds is 6. The summed E-state index contributed by atoms with van der Waals surface area (Å²) >= 11 is 0. The van der Waals surface area contributed by atoms with Gasteiger partial charge in [0, 0.05) is 19.0 Å². The van der Waals surface area contributed by atoms with E-state index in [1.165, 1.54) is 0 Å². The molecule has 1 atom stereocenters. The first-order chi connectivity index (χ1) is 10.2. The van der Waals surface area contributed by atoms with Crippen LogP contribution in [0.5, 0.6) is 11.5 Å². The molecule has 2 rings (SSSR count). The fourth-order valence-corrected chi connectivity index (χ4v) is 2.11. The van der Waals surface area contributed by atoms with Crippen LogP contribution in [0.25, 0.3) is 0 Å². The van der Waals surface area contributed by atoms with Gasteiger partial charge in [-0.1, -0.05) is 12.1 Å². The summed E-state index contributed by atoms with van der Waals surface area (Å²) in [6.07, 6.45) is 1.10. The molecular formula is C15H20N2O4. The first kappa shape index (κ1) is 15.2. The van der Waals surface area contributed by atoms with Crippen molar-refractivity contribution < 1.29 is 19.1 Å². The van der Waals surface area contributed by atoms with Crippen molar-refractivity contribution >= 4 is 11.8 Å². The van der Waals surface area contributed by atoms with Gasteiger partial charge >= 0.3 is 0 Å². The smallest absolute Gasteiger partial charge is 0.258 e. The minimum Gasteiger partial charge on any atom is -0.490 e. The van der Waals surface area contributed by atoms with Crippen molar-refractivity contribution in [2.45, 2.75) is 25.8 Å². The highest BCUT2D eigenvalue weighted by Gasteiger charge is 2.19. The molecule has 6 nitrogen and oxygen atoms in total. The molecule has 0 radical (unpaired) electrons. The third kappa shape index (κ3) is 4.66. The lowest BCUT2D eigenvalue weighted by atomic mass is 10.1. The fourth-order valence-electron chi connectivity index (χ4n) is 2.11. The predicted molar refractivity (Wildman–Crippen MR) is 77.3 cm³/mol. The van der Waals surface area contributed by atoms with E-state index in [1.54, 1.807) is 12.1 Å². The van der Waals surface area contributed by atoms with E-state index in [9.17, 15) is 9.59 Å². The Morgan fingerprint density at radius 3 is 2.67 bits per heavy atom. The van der Waals surface area contributed by atoms with Gasteiger partial charge in [0.1, 0.15) is 0 Å². The number of hydrogen-bond donors (Lipinski definition) is 2. The third-order valence-corrected chi connectivity index (χ3v) is 3.14. The molecule has 0 saturated carbocycles. The topological polar surface area (TPSA) is 76.7 Å². The minimum atomic E-state index is -0.206. The van der Waals surface area contributed by atoms with Crippen LogP contribution in [-0.4, -0.2) is 37.6 Å². The van der Waals surface area contributed by atoms with Gasteiger partial charge in [-0.15, -0.1) is 0 Å². The van der Waals surface area contributed by atoms with Crippen LogP contribution in [0.1, 0.15) is 19.8 Å². The molecule has 0 aliphatic carbocycles. The highest BCUT2D eigenvalue weighted by Crippen LogP contribution is 2.26. The molecule has 21 heavy (non-hydrogen) atoms. The number of carbonyl (C=O) groups is 2. The summed E-state index contributed by atoms with van der Waals surface area (Å²) in [4.78, 5) is 22.9. The number of nitrogens with one attached hydrogen (secondary N) is 2. The Kier molecular flexibility index (Phi) is 5.43. The van der Waals surface area contributed by atoms with Crippen molar-refractivity contribution in [2.24, 2.45) is 0 Å². The normalized spacial score (nSPS) is 17.8. The minimum absolute atomic E-state index is 0.0269. The van der Waals surface area contributed by atoms with E-state index >= 15 is 0 Å². The summed E-state index contributed by atoms with van der Waals surface area (Å²) in [5.41, 5.74) is 0. The molecule has 6 heteroatoms. The first-order valence-corrected chi connectivity index (χ1v) is 7.09. The molecule has 1 aromatic carbocycles. The van der Waals surface area contributed by atoms with E-state index in [-0.39, 0.29) is 24.5 Å². The summed E-state index contributed by atoms with van der Waals surface area (Å²) in [5.74, 6) is 0.994. The number of piperidine rings is 1. The Bertz CT molecular complexity index is 494. The van der Waals surface area contributed by atoms with Gasteiger partial charge < -0.3 is 20.1 Å². The standard InChI is InChI=1S/C15H20N2O4/c1-2-20-12-5-3-4-6-13(12)21-10-15(19)17-11-7-8-14(18)16-9-11/h3-6,11H,2,7-10H2,1H3,(H,16,18)(H,17,19). The van der Waals surface area contributed by atoms with Crippen LogP contribution in [0.2, 0.25) is 0 Å². The van der Waals surface area contributed by atoms with E-state index in [4.69, 9.17) is 9.47 Å². The van der Waals surface area contributed by atoms with E-state index in [1.807, 2.05) is 19.1 Å². The van der Waals surface area contributed by atoms with Gasteiger partial charge in [0.15, 0.2) is 18.1 Å². The molecule has 1 heterocycles. The average molecular weight is 292 g/mol. The molecule has 1 aromatic rings. The zero-order valence-corrected chi connectivity index (χ0v) is 12.1. The first-order valence-electron chi connectivity index (χ1n) is 7.09. The zero-order valence-electron chi connectivity index (χ0n) is 12.1. The summed E-state index contributed by atoms with van der Waals surface area (Å²) in [7, 11) is 0. The molecule has 0 aromatic heterocycles. The van der Waals surface area contributed by atoms with Crippen LogP contribution in [0, 0.1) is 0 Å². The SMILES string of the molecule is CCOc1ccccc1OCC(=O)NC1CCC(=O)NC1. The van der Waals surface area contributed by atoms with Crippen LogP contribution in [0.3, 0.4) is 0 Å².